The number of benzene rings is 1. The Balaban J connectivity index is 0.00000161. The van der Waals surface area contributed by atoms with Gasteiger partial charge in [-0.15, -0.1) is 11.3 Å². The number of quaternary nitrogens is 1. The standard InChI is InChI=1S/C16H14FNOS.ClH/c17-15-6-2-1-5-14(15)16-8-7-12(19-16)10-18-11-13-4-3-9-20-13;/h1-9,18H,10-11H2;1H. The number of thiophene rings is 1. The van der Waals surface area contributed by atoms with Gasteiger partial charge in [-0.1, -0.05) is 18.2 Å². The Labute approximate surface area is 133 Å². The molecular weight excluding hydrogens is 309 g/mol. The van der Waals surface area contributed by atoms with Crippen LogP contribution in [0.1, 0.15) is 10.6 Å². The van der Waals surface area contributed by atoms with Gasteiger partial charge >= 0.3 is 0 Å². The number of furan rings is 1. The van der Waals surface area contributed by atoms with Gasteiger partial charge in [-0.3, -0.25) is 0 Å². The maximum Gasteiger partial charge on any atom is 0.158 e. The van der Waals surface area contributed by atoms with Crippen LogP contribution in [-0.2, 0) is 13.1 Å². The summed E-state index contributed by atoms with van der Waals surface area (Å²) in [5.74, 6) is 1.19. The zero-order chi connectivity index (χ0) is 13.8. The minimum atomic E-state index is -0.254. The van der Waals surface area contributed by atoms with Crippen LogP contribution in [0.2, 0.25) is 0 Å². The van der Waals surface area contributed by atoms with Gasteiger partial charge in [-0.05, 0) is 35.7 Å². The summed E-state index contributed by atoms with van der Waals surface area (Å²) < 4.78 is 19.4. The predicted molar refractivity (Wildman–Crippen MR) is 77.8 cm³/mol. The van der Waals surface area contributed by atoms with E-state index in [0.29, 0.717) is 11.3 Å². The zero-order valence-electron chi connectivity index (χ0n) is 11.3. The average molecular weight is 324 g/mol. The summed E-state index contributed by atoms with van der Waals surface area (Å²) in [7, 11) is 0. The van der Waals surface area contributed by atoms with Crippen LogP contribution in [0.4, 0.5) is 4.39 Å². The first-order chi connectivity index (χ1) is 9.83. The first-order valence-corrected chi connectivity index (χ1v) is 7.38. The van der Waals surface area contributed by atoms with Crippen LogP contribution in [0.25, 0.3) is 11.3 Å². The molecule has 2 heterocycles. The quantitative estimate of drug-likeness (QED) is 0.724. The third-order valence-electron chi connectivity index (χ3n) is 3.07. The fraction of sp³-hybridized carbons (Fsp3) is 0.125. The van der Waals surface area contributed by atoms with Crippen molar-refractivity contribution in [2.75, 3.05) is 0 Å². The van der Waals surface area contributed by atoms with E-state index in [9.17, 15) is 4.39 Å². The predicted octanol–water partition coefficient (Wildman–Crippen LogP) is 0.415. The minimum absolute atomic E-state index is 0. The largest absolute Gasteiger partial charge is 1.00 e. The molecule has 0 fully saturated rings. The van der Waals surface area contributed by atoms with Crippen LogP contribution in [-0.4, -0.2) is 0 Å². The Bertz CT molecular complexity index is 681. The van der Waals surface area contributed by atoms with E-state index >= 15 is 0 Å². The van der Waals surface area contributed by atoms with E-state index < -0.39 is 0 Å². The van der Waals surface area contributed by atoms with Gasteiger partial charge in [0.1, 0.15) is 24.7 Å². The fourth-order valence-corrected chi connectivity index (χ4v) is 2.78. The van der Waals surface area contributed by atoms with Crippen molar-refractivity contribution in [3.8, 4) is 11.3 Å². The van der Waals surface area contributed by atoms with E-state index in [1.807, 2.05) is 18.2 Å². The molecule has 0 aliphatic rings. The number of hydrogen-bond donors (Lipinski definition) is 1. The third kappa shape index (κ3) is 3.94. The third-order valence-corrected chi connectivity index (χ3v) is 3.97. The Morgan fingerprint density at radius 3 is 2.62 bits per heavy atom. The second-order valence-electron chi connectivity index (χ2n) is 4.52. The number of hydrogen-bond acceptors (Lipinski definition) is 2. The highest BCUT2D eigenvalue weighted by atomic mass is 35.5. The maximum atomic E-state index is 13.7. The van der Waals surface area contributed by atoms with E-state index in [2.05, 4.69) is 22.8 Å². The van der Waals surface area contributed by atoms with Gasteiger partial charge < -0.3 is 22.1 Å². The Morgan fingerprint density at radius 2 is 1.86 bits per heavy atom. The summed E-state index contributed by atoms with van der Waals surface area (Å²) >= 11 is 1.75. The van der Waals surface area contributed by atoms with Gasteiger partial charge in [0.05, 0.1) is 10.4 Å². The SMILES string of the molecule is Fc1ccccc1-c1ccc(C[NH2+]Cc2cccs2)o1.[Cl-]. The Hall–Kier alpha value is -1.62. The summed E-state index contributed by atoms with van der Waals surface area (Å²) in [6.07, 6.45) is 0. The summed E-state index contributed by atoms with van der Waals surface area (Å²) in [5, 5.41) is 4.25. The molecule has 0 atom stereocenters. The van der Waals surface area contributed by atoms with Gasteiger partial charge in [0.15, 0.2) is 5.76 Å². The minimum Gasteiger partial charge on any atom is -1.00 e. The van der Waals surface area contributed by atoms with E-state index in [-0.39, 0.29) is 18.2 Å². The summed E-state index contributed by atoms with van der Waals surface area (Å²) in [5.41, 5.74) is 0.511. The van der Waals surface area contributed by atoms with Crippen LogP contribution in [0.5, 0.6) is 0 Å². The smallest absolute Gasteiger partial charge is 0.158 e. The van der Waals surface area contributed by atoms with Crippen LogP contribution < -0.4 is 17.7 Å². The highest BCUT2D eigenvalue weighted by molar-refractivity contribution is 7.09. The molecule has 5 heteroatoms. The molecule has 0 unspecified atom stereocenters. The monoisotopic (exact) mass is 323 g/mol. The lowest BCUT2D eigenvalue weighted by Crippen LogP contribution is -3.00. The number of halogens is 2. The number of nitrogens with two attached hydrogens (primary N) is 1. The van der Waals surface area contributed by atoms with E-state index in [4.69, 9.17) is 4.42 Å². The average Bonchev–Trinajstić information content (AvgIpc) is 3.11. The van der Waals surface area contributed by atoms with Gasteiger partial charge in [0, 0.05) is 0 Å². The Kier molecular flexibility index (Phi) is 5.56. The molecule has 1 aromatic carbocycles. The highest BCUT2D eigenvalue weighted by Gasteiger charge is 2.09. The topological polar surface area (TPSA) is 29.8 Å². The highest BCUT2D eigenvalue weighted by Crippen LogP contribution is 2.24. The zero-order valence-corrected chi connectivity index (χ0v) is 12.8. The fourth-order valence-electron chi connectivity index (χ4n) is 2.08. The van der Waals surface area contributed by atoms with Gasteiger partial charge in [-0.25, -0.2) is 4.39 Å². The first-order valence-electron chi connectivity index (χ1n) is 6.50. The molecule has 3 aromatic rings. The second-order valence-corrected chi connectivity index (χ2v) is 5.55. The molecule has 21 heavy (non-hydrogen) atoms. The lowest BCUT2D eigenvalue weighted by atomic mass is 10.1. The Morgan fingerprint density at radius 1 is 1.00 bits per heavy atom. The van der Waals surface area contributed by atoms with Crippen LogP contribution in [0.3, 0.4) is 0 Å². The van der Waals surface area contributed by atoms with Crippen molar-refractivity contribution in [3.05, 3.63) is 70.4 Å². The van der Waals surface area contributed by atoms with Crippen molar-refractivity contribution >= 4 is 11.3 Å². The molecule has 2 N–H and O–H groups in total. The molecule has 0 radical (unpaired) electrons. The van der Waals surface area contributed by atoms with E-state index in [0.717, 1.165) is 18.8 Å². The summed E-state index contributed by atoms with van der Waals surface area (Å²) in [6.45, 7) is 1.69. The van der Waals surface area contributed by atoms with Crippen LogP contribution >= 0.6 is 11.3 Å². The normalized spacial score (nSPS) is 10.3. The van der Waals surface area contributed by atoms with Gasteiger partial charge in [0.25, 0.3) is 0 Å². The molecule has 0 saturated carbocycles. The van der Waals surface area contributed by atoms with Gasteiger partial charge in [-0.2, -0.15) is 0 Å². The molecule has 2 aromatic heterocycles. The van der Waals surface area contributed by atoms with Crippen molar-refractivity contribution in [1.29, 1.82) is 0 Å². The van der Waals surface area contributed by atoms with Crippen LogP contribution in [0.15, 0.2) is 58.3 Å². The molecule has 0 amide bonds. The molecular formula is C16H15ClFNOS. The molecule has 3 rings (SSSR count). The summed E-state index contributed by atoms with van der Waals surface area (Å²) in [6, 6.07) is 14.6. The lowest BCUT2D eigenvalue weighted by Gasteiger charge is -1.99. The number of rotatable bonds is 5. The van der Waals surface area contributed by atoms with E-state index in [1.165, 1.54) is 10.9 Å². The van der Waals surface area contributed by atoms with Crippen molar-refractivity contribution < 1.29 is 26.5 Å². The van der Waals surface area contributed by atoms with Crippen molar-refractivity contribution in [2.24, 2.45) is 0 Å². The van der Waals surface area contributed by atoms with Gasteiger partial charge in [0.2, 0.25) is 0 Å². The van der Waals surface area contributed by atoms with E-state index in [1.54, 1.807) is 23.5 Å². The lowest BCUT2D eigenvalue weighted by molar-refractivity contribution is -0.687. The van der Waals surface area contributed by atoms with Crippen molar-refractivity contribution in [3.63, 3.8) is 0 Å². The molecule has 0 aliphatic heterocycles. The summed E-state index contributed by atoms with van der Waals surface area (Å²) in [4.78, 5) is 1.34. The molecule has 0 bridgehead atoms. The maximum absolute atomic E-state index is 13.7. The second kappa shape index (κ2) is 7.41. The van der Waals surface area contributed by atoms with Crippen molar-refractivity contribution in [2.45, 2.75) is 13.1 Å². The molecule has 0 saturated heterocycles. The molecule has 0 aliphatic carbocycles. The molecule has 110 valence electrons. The molecule has 0 spiro atoms. The van der Waals surface area contributed by atoms with Crippen molar-refractivity contribution in [1.82, 2.24) is 0 Å². The van der Waals surface area contributed by atoms with Crippen LogP contribution in [0, 0.1) is 5.82 Å². The first kappa shape index (κ1) is 15.8. The molecule has 2 nitrogen and oxygen atoms in total.